The molecule has 0 spiro atoms. The second-order valence-corrected chi connectivity index (χ2v) is 4.99. The van der Waals surface area contributed by atoms with Crippen molar-refractivity contribution in [2.45, 2.75) is 26.9 Å². The van der Waals surface area contributed by atoms with Gasteiger partial charge >= 0.3 is 0 Å². The molecule has 0 heterocycles. The van der Waals surface area contributed by atoms with E-state index in [1.165, 1.54) is 0 Å². The molecule has 0 radical (unpaired) electrons. The molecule has 2 nitrogen and oxygen atoms in total. The maximum atomic E-state index is 10.1. The molecule has 0 bridgehead atoms. The molecule has 1 N–H and O–H groups in total. The van der Waals surface area contributed by atoms with Crippen molar-refractivity contribution in [1.82, 2.24) is 4.90 Å². The van der Waals surface area contributed by atoms with Gasteiger partial charge in [0, 0.05) is 13.1 Å². The highest BCUT2D eigenvalue weighted by Gasteiger charge is 2.12. The van der Waals surface area contributed by atoms with Gasteiger partial charge in [0.1, 0.15) is 0 Å². The van der Waals surface area contributed by atoms with Gasteiger partial charge in [0.2, 0.25) is 0 Å². The molecule has 0 aliphatic heterocycles. The van der Waals surface area contributed by atoms with E-state index in [0.717, 1.165) is 17.7 Å². The molecular formula is C14H23NO. The van der Waals surface area contributed by atoms with Crippen LogP contribution in [0.2, 0.25) is 0 Å². The van der Waals surface area contributed by atoms with Gasteiger partial charge in [-0.2, -0.15) is 0 Å². The summed E-state index contributed by atoms with van der Waals surface area (Å²) in [6, 6.07) is 8.03. The van der Waals surface area contributed by atoms with Crippen molar-refractivity contribution in [3.8, 4) is 0 Å². The number of aliphatic hydroxyl groups excluding tert-OH is 1. The Balaban J connectivity index is 2.58. The number of nitrogens with zero attached hydrogens (tertiary/aromatic N) is 1. The first-order chi connectivity index (χ1) is 7.50. The van der Waals surface area contributed by atoms with Crippen LogP contribution in [-0.2, 0) is 0 Å². The average Bonchev–Trinajstić information content (AvgIpc) is 2.16. The van der Waals surface area contributed by atoms with Gasteiger partial charge in [0.05, 0.1) is 6.10 Å². The minimum atomic E-state index is -0.384. The normalized spacial score (nSPS) is 13.4. The Hall–Kier alpha value is -0.860. The van der Waals surface area contributed by atoms with Gasteiger partial charge in [0.25, 0.3) is 0 Å². The maximum Gasteiger partial charge on any atom is 0.0919 e. The minimum Gasteiger partial charge on any atom is -0.387 e. The zero-order chi connectivity index (χ0) is 12.1. The first-order valence-corrected chi connectivity index (χ1v) is 5.93. The lowest BCUT2D eigenvalue weighted by Crippen LogP contribution is -2.28. The predicted molar refractivity (Wildman–Crippen MR) is 68.5 cm³/mol. The Morgan fingerprint density at radius 3 is 2.38 bits per heavy atom. The number of likely N-dealkylation sites (N-methyl/N-ethyl adjacent to an activating group) is 1. The zero-order valence-corrected chi connectivity index (χ0v) is 10.8. The lowest BCUT2D eigenvalue weighted by molar-refractivity contribution is 0.120. The fourth-order valence-electron chi connectivity index (χ4n) is 2.05. The summed E-state index contributed by atoms with van der Waals surface area (Å²) >= 11 is 0. The highest BCUT2D eigenvalue weighted by atomic mass is 16.3. The third-order valence-corrected chi connectivity index (χ3v) is 2.71. The summed E-state index contributed by atoms with van der Waals surface area (Å²) in [7, 11) is 2.06. The molecule has 1 atom stereocenters. The number of hydrogen-bond donors (Lipinski definition) is 1. The van der Waals surface area contributed by atoms with Gasteiger partial charge in [0.15, 0.2) is 0 Å². The molecule has 1 aromatic carbocycles. The van der Waals surface area contributed by atoms with Crippen LogP contribution < -0.4 is 0 Å². The van der Waals surface area contributed by atoms with Gasteiger partial charge < -0.3 is 10.0 Å². The van der Waals surface area contributed by atoms with Crippen molar-refractivity contribution in [2.24, 2.45) is 5.92 Å². The SMILES string of the molecule is Cc1ccccc1C(O)CN(C)CC(C)C. The summed E-state index contributed by atoms with van der Waals surface area (Å²) in [5.41, 5.74) is 2.20. The van der Waals surface area contributed by atoms with E-state index in [-0.39, 0.29) is 6.10 Å². The molecule has 2 heteroatoms. The largest absolute Gasteiger partial charge is 0.387 e. The van der Waals surface area contributed by atoms with Crippen LogP contribution in [0.15, 0.2) is 24.3 Å². The van der Waals surface area contributed by atoms with Crippen LogP contribution >= 0.6 is 0 Å². The smallest absolute Gasteiger partial charge is 0.0919 e. The van der Waals surface area contributed by atoms with E-state index in [2.05, 4.69) is 25.8 Å². The Morgan fingerprint density at radius 1 is 1.19 bits per heavy atom. The summed E-state index contributed by atoms with van der Waals surface area (Å²) in [5.74, 6) is 0.633. The summed E-state index contributed by atoms with van der Waals surface area (Å²) in [4.78, 5) is 2.18. The molecule has 0 aliphatic carbocycles. The Bertz CT molecular complexity index is 322. The third-order valence-electron chi connectivity index (χ3n) is 2.71. The number of aryl methyl sites for hydroxylation is 1. The summed E-state index contributed by atoms with van der Waals surface area (Å²) in [5, 5.41) is 10.1. The second-order valence-electron chi connectivity index (χ2n) is 4.99. The van der Waals surface area contributed by atoms with Crippen LogP contribution in [0.5, 0.6) is 0 Å². The molecule has 0 aromatic heterocycles. The molecule has 1 rings (SSSR count). The van der Waals surface area contributed by atoms with E-state index in [9.17, 15) is 5.11 Å². The summed E-state index contributed by atoms with van der Waals surface area (Å²) in [6.45, 7) is 8.14. The van der Waals surface area contributed by atoms with Crippen molar-refractivity contribution < 1.29 is 5.11 Å². The molecule has 0 saturated heterocycles. The number of hydrogen-bond acceptors (Lipinski definition) is 2. The first kappa shape index (κ1) is 13.2. The topological polar surface area (TPSA) is 23.5 Å². The highest BCUT2D eigenvalue weighted by Crippen LogP contribution is 2.18. The van der Waals surface area contributed by atoms with Crippen LogP contribution in [0.3, 0.4) is 0 Å². The van der Waals surface area contributed by atoms with Crippen molar-refractivity contribution >= 4 is 0 Å². The molecule has 16 heavy (non-hydrogen) atoms. The zero-order valence-electron chi connectivity index (χ0n) is 10.8. The van der Waals surface area contributed by atoms with Crippen LogP contribution in [0, 0.1) is 12.8 Å². The summed E-state index contributed by atoms with van der Waals surface area (Å²) < 4.78 is 0. The van der Waals surface area contributed by atoms with Crippen LogP contribution in [0.4, 0.5) is 0 Å². The van der Waals surface area contributed by atoms with Gasteiger partial charge in [-0.25, -0.2) is 0 Å². The van der Waals surface area contributed by atoms with E-state index in [0.29, 0.717) is 12.5 Å². The lowest BCUT2D eigenvalue weighted by atomic mass is 10.0. The Kier molecular flexibility index (Phi) is 4.97. The number of rotatable bonds is 5. The van der Waals surface area contributed by atoms with Crippen molar-refractivity contribution in [2.75, 3.05) is 20.1 Å². The average molecular weight is 221 g/mol. The standard InChI is InChI=1S/C14H23NO/c1-11(2)9-15(4)10-14(16)13-8-6-5-7-12(13)3/h5-8,11,14,16H,9-10H2,1-4H3. The van der Waals surface area contributed by atoms with Crippen molar-refractivity contribution in [1.29, 1.82) is 0 Å². The molecule has 0 fully saturated rings. The molecule has 1 unspecified atom stereocenters. The number of aliphatic hydroxyl groups is 1. The molecule has 0 aliphatic rings. The Morgan fingerprint density at radius 2 is 1.81 bits per heavy atom. The van der Waals surface area contributed by atoms with E-state index in [1.807, 2.05) is 31.2 Å². The van der Waals surface area contributed by atoms with Crippen LogP contribution in [0.25, 0.3) is 0 Å². The van der Waals surface area contributed by atoms with Crippen LogP contribution in [0.1, 0.15) is 31.1 Å². The fourth-order valence-corrected chi connectivity index (χ4v) is 2.05. The van der Waals surface area contributed by atoms with Gasteiger partial charge in [-0.05, 0) is 31.0 Å². The molecule has 1 aromatic rings. The number of benzene rings is 1. The van der Waals surface area contributed by atoms with E-state index in [4.69, 9.17) is 0 Å². The van der Waals surface area contributed by atoms with Crippen LogP contribution in [-0.4, -0.2) is 30.1 Å². The van der Waals surface area contributed by atoms with Crippen molar-refractivity contribution in [3.63, 3.8) is 0 Å². The lowest BCUT2D eigenvalue weighted by Gasteiger charge is -2.23. The quantitative estimate of drug-likeness (QED) is 0.826. The molecule has 90 valence electrons. The van der Waals surface area contributed by atoms with E-state index < -0.39 is 0 Å². The fraction of sp³-hybridized carbons (Fsp3) is 0.571. The minimum absolute atomic E-state index is 0.384. The third kappa shape index (κ3) is 3.95. The van der Waals surface area contributed by atoms with Gasteiger partial charge in [-0.3, -0.25) is 0 Å². The Labute approximate surface area is 98.9 Å². The molecular weight excluding hydrogens is 198 g/mol. The summed E-state index contributed by atoms with van der Waals surface area (Å²) in [6.07, 6.45) is -0.384. The molecule has 0 saturated carbocycles. The van der Waals surface area contributed by atoms with E-state index >= 15 is 0 Å². The maximum absolute atomic E-state index is 10.1. The first-order valence-electron chi connectivity index (χ1n) is 5.93. The second kappa shape index (κ2) is 6.02. The molecule has 0 amide bonds. The highest BCUT2D eigenvalue weighted by molar-refractivity contribution is 5.27. The van der Waals surface area contributed by atoms with E-state index in [1.54, 1.807) is 0 Å². The van der Waals surface area contributed by atoms with Gasteiger partial charge in [-0.15, -0.1) is 0 Å². The predicted octanol–water partition coefficient (Wildman–Crippen LogP) is 2.62. The van der Waals surface area contributed by atoms with Gasteiger partial charge in [-0.1, -0.05) is 38.1 Å². The monoisotopic (exact) mass is 221 g/mol. The van der Waals surface area contributed by atoms with Crippen molar-refractivity contribution in [3.05, 3.63) is 35.4 Å².